The Morgan fingerprint density at radius 2 is 0.788 bits per heavy atom. The lowest BCUT2D eigenvalue weighted by molar-refractivity contribution is 0.715. The Morgan fingerprint density at radius 1 is 0.485 bits per heavy atom. The van der Waals surface area contributed by atoms with Gasteiger partial charge in [0.05, 0.1) is 16.7 Å². The van der Waals surface area contributed by atoms with Gasteiger partial charge in [0.25, 0.3) is 0 Å². The Hall–Kier alpha value is -4.02. The van der Waals surface area contributed by atoms with Crippen molar-refractivity contribution in [1.82, 2.24) is 29.9 Å². The van der Waals surface area contributed by atoms with Crippen molar-refractivity contribution in [1.29, 1.82) is 15.8 Å². The molecular formula is C21H9N9S3. The molecule has 9 nitrogen and oxygen atoms in total. The van der Waals surface area contributed by atoms with E-state index in [4.69, 9.17) is 15.8 Å². The summed E-state index contributed by atoms with van der Waals surface area (Å²) in [7, 11) is 0. The van der Waals surface area contributed by atoms with Crippen molar-refractivity contribution in [2.75, 3.05) is 0 Å². The van der Waals surface area contributed by atoms with Crippen molar-refractivity contribution in [2.45, 2.75) is 30.5 Å². The van der Waals surface area contributed by atoms with E-state index in [-0.39, 0.29) is 0 Å². The van der Waals surface area contributed by atoms with E-state index in [1.807, 2.05) is 18.2 Å². The van der Waals surface area contributed by atoms with Crippen molar-refractivity contribution in [2.24, 2.45) is 0 Å². The topological polar surface area (TPSA) is 149 Å². The molecule has 0 atom stereocenters. The number of pyridine rings is 3. The number of rotatable bonds is 6. The minimum atomic E-state index is 0.412. The fourth-order valence-electron chi connectivity index (χ4n) is 2.26. The third-order valence-corrected chi connectivity index (χ3v) is 6.21. The first-order chi connectivity index (χ1) is 16.1. The summed E-state index contributed by atoms with van der Waals surface area (Å²) in [4.78, 5) is 26.2. The first-order valence-electron chi connectivity index (χ1n) is 9.03. The van der Waals surface area contributed by atoms with Crippen LogP contribution in [0.4, 0.5) is 0 Å². The highest BCUT2D eigenvalue weighted by atomic mass is 32.2. The summed E-state index contributed by atoms with van der Waals surface area (Å²) in [6.07, 6.45) is 4.45. The molecule has 0 saturated heterocycles. The molecule has 0 aliphatic rings. The smallest absolute Gasteiger partial charge is 0.198 e. The van der Waals surface area contributed by atoms with Crippen LogP contribution in [0, 0.1) is 34.0 Å². The summed E-state index contributed by atoms with van der Waals surface area (Å²) in [5, 5.41) is 30.0. The van der Waals surface area contributed by atoms with Gasteiger partial charge < -0.3 is 0 Å². The third kappa shape index (κ3) is 6.03. The van der Waals surface area contributed by atoms with E-state index < -0.39 is 0 Å². The highest BCUT2D eigenvalue weighted by Crippen LogP contribution is 2.31. The summed E-state index contributed by atoms with van der Waals surface area (Å²) < 4.78 is 0. The maximum atomic E-state index is 8.95. The molecule has 33 heavy (non-hydrogen) atoms. The lowest BCUT2D eigenvalue weighted by Crippen LogP contribution is -1.98. The standard InChI is InChI=1S/C21H9N9S3/c22-7-13-1-4-16(25-10-13)31-19-28-20(32-17-5-2-14(8-23)11-26-17)30-21(29-19)33-18-6-3-15(9-24)12-27-18/h1-6,10-12H. The maximum absolute atomic E-state index is 8.95. The van der Waals surface area contributed by atoms with Crippen LogP contribution in [0.1, 0.15) is 16.7 Å². The molecule has 0 radical (unpaired) electrons. The second kappa shape index (κ2) is 10.5. The zero-order valence-electron chi connectivity index (χ0n) is 16.4. The van der Waals surface area contributed by atoms with Crippen molar-refractivity contribution < 1.29 is 0 Å². The first kappa shape index (κ1) is 22.2. The Kier molecular flexibility index (Phi) is 7.08. The molecule has 0 N–H and O–H groups in total. The van der Waals surface area contributed by atoms with Gasteiger partial charge in [-0.15, -0.1) is 0 Å². The van der Waals surface area contributed by atoms with Gasteiger partial charge in [0.15, 0.2) is 15.5 Å². The molecule has 0 unspecified atom stereocenters. The minimum Gasteiger partial charge on any atom is -0.248 e. The van der Waals surface area contributed by atoms with E-state index in [1.165, 1.54) is 53.9 Å². The maximum Gasteiger partial charge on any atom is 0.198 e. The second-order valence-electron chi connectivity index (χ2n) is 5.98. The summed E-state index contributed by atoms with van der Waals surface area (Å²) in [5.41, 5.74) is 1.38. The van der Waals surface area contributed by atoms with Gasteiger partial charge in [-0.25, -0.2) is 15.0 Å². The van der Waals surface area contributed by atoms with Gasteiger partial charge in [0.2, 0.25) is 0 Å². The van der Waals surface area contributed by atoms with Crippen molar-refractivity contribution >= 4 is 35.3 Å². The van der Waals surface area contributed by atoms with Gasteiger partial charge in [0, 0.05) is 18.6 Å². The quantitative estimate of drug-likeness (QED) is 0.388. The molecule has 0 saturated carbocycles. The van der Waals surface area contributed by atoms with Crippen molar-refractivity contribution in [3.63, 3.8) is 0 Å². The predicted octanol–water partition coefficient (Wildman–Crippen LogP) is 4.13. The molecule has 0 aliphatic carbocycles. The van der Waals surface area contributed by atoms with Crippen molar-refractivity contribution in [3.05, 3.63) is 71.7 Å². The van der Waals surface area contributed by atoms with Gasteiger partial charge in [-0.3, -0.25) is 0 Å². The van der Waals surface area contributed by atoms with Crippen LogP contribution in [-0.4, -0.2) is 29.9 Å². The fourth-order valence-corrected chi connectivity index (χ4v) is 4.51. The van der Waals surface area contributed by atoms with Gasteiger partial charge in [0.1, 0.15) is 33.3 Å². The van der Waals surface area contributed by atoms with Crippen LogP contribution < -0.4 is 0 Å². The molecule has 0 aromatic carbocycles. The van der Waals surface area contributed by atoms with E-state index in [1.54, 1.807) is 36.4 Å². The molecule has 0 bridgehead atoms. The van der Waals surface area contributed by atoms with Crippen LogP contribution in [0.15, 0.2) is 85.5 Å². The molecule has 0 fully saturated rings. The number of hydrogen-bond donors (Lipinski definition) is 0. The normalized spacial score (nSPS) is 10.1. The van der Waals surface area contributed by atoms with Crippen LogP contribution in [0.3, 0.4) is 0 Å². The third-order valence-electron chi connectivity index (χ3n) is 3.76. The molecule has 4 aromatic heterocycles. The van der Waals surface area contributed by atoms with Gasteiger partial charge in [-0.1, -0.05) is 0 Å². The molecule has 0 amide bonds. The van der Waals surface area contributed by atoms with E-state index in [0.717, 1.165) is 0 Å². The summed E-state index contributed by atoms with van der Waals surface area (Å²) in [6.45, 7) is 0. The number of aromatic nitrogens is 6. The largest absolute Gasteiger partial charge is 0.248 e. The molecule has 4 rings (SSSR count). The van der Waals surface area contributed by atoms with Gasteiger partial charge >= 0.3 is 0 Å². The van der Waals surface area contributed by atoms with Gasteiger partial charge in [-0.2, -0.15) is 30.7 Å². The number of nitrogens with zero attached hydrogens (tertiary/aromatic N) is 9. The SMILES string of the molecule is N#Cc1ccc(Sc2nc(Sc3ccc(C#N)cn3)nc(Sc3ccc(C#N)cn3)n2)nc1. The van der Waals surface area contributed by atoms with Crippen LogP contribution in [0.2, 0.25) is 0 Å². The molecule has 12 heteroatoms. The van der Waals surface area contributed by atoms with E-state index in [9.17, 15) is 0 Å². The first-order valence-corrected chi connectivity index (χ1v) is 11.5. The predicted molar refractivity (Wildman–Crippen MR) is 119 cm³/mol. The second-order valence-corrected chi connectivity index (χ2v) is 8.94. The molecular weight excluding hydrogens is 474 g/mol. The summed E-state index contributed by atoms with van der Waals surface area (Å²) in [6, 6.07) is 16.3. The average Bonchev–Trinajstić information content (AvgIpc) is 2.85. The zero-order chi connectivity index (χ0) is 23.0. The molecule has 0 spiro atoms. The molecule has 4 heterocycles. The fraction of sp³-hybridized carbons (Fsp3) is 0. The highest BCUT2D eigenvalue weighted by molar-refractivity contribution is 8.00. The van der Waals surface area contributed by atoms with Crippen LogP contribution >= 0.6 is 35.3 Å². The Morgan fingerprint density at radius 3 is 1.00 bits per heavy atom. The van der Waals surface area contributed by atoms with Crippen LogP contribution in [0.5, 0.6) is 0 Å². The molecule has 0 aliphatic heterocycles. The summed E-state index contributed by atoms with van der Waals surface area (Å²) in [5.74, 6) is 0. The van der Waals surface area contributed by atoms with Gasteiger partial charge in [-0.05, 0) is 71.7 Å². The Balaban J connectivity index is 1.63. The summed E-state index contributed by atoms with van der Waals surface area (Å²) >= 11 is 3.70. The highest BCUT2D eigenvalue weighted by Gasteiger charge is 2.13. The lowest BCUT2D eigenvalue weighted by Gasteiger charge is -2.06. The average molecular weight is 484 g/mol. The van der Waals surface area contributed by atoms with E-state index >= 15 is 0 Å². The number of nitriles is 3. The number of hydrogen-bond acceptors (Lipinski definition) is 12. The van der Waals surface area contributed by atoms with Crippen molar-refractivity contribution in [3.8, 4) is 18.2 Å². The van der Waals surface area contributed by atoms with E-state index in [0.29, 0.717) is 47.2 Å². The Labute approximate surface area is 201 Å². The zero-order valence-corrected chi connectivity index (χ0v) is 18.9. The van der Waals surface area contributed by atoms with E-state index in [2.05, 4.69) is 29.9 Å². The minimum absolute atomic E-state index is 0.412. The molecule has 156 valence electrons. The van der Waals surface area contributed by atoms with Crippen LogP contribution in [0.25, 0.3) is 0 Å². The van der Waals surface area contributed by atoms with Crippen LogP contribution in [-0.2, 0) is 0 Å². The lowest BCUT2D eigenvalue weighted by atomic mass is 10.3. The monoisotopic (exact) mass is 483 g/mol. The molecule has 4 aromatic rings. The Bertz CT molecular complexity index is 1220.